The van der Waals surface area contributed by atoms with E-state index in [2.05, 4.69) is 10.3 Å². The molecule has 0 spiro atoms. The molecule has 0 amide bonds. The molecule has 2 rings (SSSR count). The summed E-state index contributed by atoms with van der Waals surface area (Å²) in [4.78, 5) is 4.44. The Hall–Kier alpha value is -0.570. The van der Waals surface area contributed by atoms with Gasteiger partial charge in [0, 0.05) is 32.7 Å². The van der Waals surface area contributed by atoms with Gasteiger partial charge in [0.2, 0.25) is 0 Å². The molecular formula is C9H16N2O. The van der Waals surface area contributed by atoms with Crippen molar-refractivity contribution in [3.63, 3.8) is 0 Å². The Balaban J connectivity index is 1.80. The first kappa shape index (κ1) is 8.05. The summed E-state index contributed by atoms with van der Waals surface area (Å²) in [6.45, 7) is 3.99. The van der Waals surface area contributed by atoms with Crippen LogP contribution in [0.3, 0.4) is 0 Å². The Bertz CT molecular complexity index is 173. The van der Waals surface area contributed by atoms with Crippen molar-refractivity contribution in [2.75, 3.05) is 26.3 Å². The van der Waals surface area contributed by atoms with Crippen molar-refractivity contribution >= 4 is 5.84 Å². The van der Waals surface area contributed by atoms with Gasteiger partial charge in [0.15, 0.2) is 0 Å². The summed E-state index contributed by atoms with van der Waals surface area (Å²) in [5, 5.41) is 3.34. The topological polar surface area (TPSA) is 33.6 Å². The molecule has 0 aromatic carbocycles. The van der Waals surface area contributed by atoms with Crippen molar-refractivity contribution < 1.29 is 4.74 Å². The number of nitrogens with one attached hydrogen (secondary N) is 1. The van der Waals surface area contributed by atoms with Crippen LogP contribution >= 0.6 is 0 Å². The zero-order chi connectivity index (χ0) is 8.23. The van der Waals surface area contributed by atoms with Crippen LogP contribution in [-0.2, 0) is 4.74 Å². The molecule has 1 atom stereocenters. The molecular weight excluding hydrogens is 152 g/mol. The highest BCUT2D eigenvalue weighted by molar-refractivity contribution is 5.82. The van der Waals surface area contributed by atoms with Crippen molar-refractivity contribution in [3.05, 3.63) is 0 Å². The van der Waals surface area contributed by atoms with Gasteiger partial charge in [-0.1, -0.05) is 0 Å². The van der Waals surface area contributed by atoms with Crippen LogP contribution in [0.25, 0.3) is 0 Å². The number of hydrogen-bond acceptors (Lipinski definition) is 3. The predicted molar refractivity (Wildman–Crippen MR) is 48.5 cm³/mol. The van der Waals surface area contributed by atoms with Gasteiger partial charge < -0.3 is 10.1 Å². The summed E-state index contributed by atoms with van der Waals surface area (Å²) < 4.78 is 5.32. The van der Waals surface area contributed by atoms with Gasteiger partial charge in [0.25, 0.3) is 0 Å². The molecule has 0 bridgehead atoms. The molecule has 12 heavy (non-hydrogen) atoms. The van der Waals surface area contributed by atoms with Crippen LogP contribution in [0.5, 0.6) is 0 Å². The van der Waals surface area contributed by atoms with E-state index in [4.69, 9.17) is 4.74 Å². The van der Waals surface area contributed by atoms with E-state index in [1.807, 2.05) is 0 Å². The molecule has 2 aliphatic rings. The molecule has 68 valence electrons. The lowest BCUT2D eigenvalue weighted by Crippen LogP contribution is -2.31. The first-order chi connectivity index (χ1) is 5.95. The molecule has 0 radical (unpaired) electrons. The number of amidine groups is 1. The van der Waals surface area contributed by atoms with Crippen molar-refractivity contribution in [2.45, 2.75) is 19.3 Å². The minimum Gasteiger partial charge on any atom is -0.381 e. The molecule has 1 saturated heterocycles. The normalized spacial score (nSPS) is 29.7. The molecule has 1 N–H and O–H groups in total. The maximum Gasteiger partial charge on any atom is 0.0966 e. The van der Waals surface area contributed by atoms with Gasteiger partial charge in [-0.3, -0.25) is 4.99 Å². The van der Waals surface area contributed by atoms with E-state index < -0.39 is 0 Å². The van der Waals surface area contributed by atoms with Crippen molar-refractivity contribution in [1.82, 2.24) is 5.32 Å². The summed E-state index contributed by atoms with van der Waals surface area (Å²) in [6, 6.07) is 0. The Kier molecular flexibility index (Phi) is 2.61. The van der Waals surface area contributed by atoms with Gasteiger partial charge in [0.05, 0.1) is 5.84 Å². The molecule has 2 heterocycles. The summed E-state index contributed by atoms with van der Waals surface area (Å²) >= 11 is 0. The molecule has 3 nitrogen and oxygen atoms in total. The zero-order valence-electron chi connectivity index (χ0n) is 7.38. The number of hydrogen-bond donors (Lipinski definition) is 1. The molecule has 0 aliphatic carbocycles. The SMILES string of the molecule is C1CN=C(CC2CCOC2)NC1. The van der Waals surface area contributed by atoms with E-state index >= 15 is 0 Å². The van der Waals surface area contributed by atoms with Gasteiger partial charge in [-0.2, -0.15) is 0 Å². The molecule has 0 aromatic heterocycles. The van der Waals surface area contributed by atoms with Crippen molar-refractivity contribution in [3.8, 4) is 0 Å². The number of ether oxygens (including phenoxy) is 1. The first-order valence-corrected chi connectivity index (χ1v) is 4.80. The smallest absolute Gasteiger partial charge is 0.0966 e. The number of rotatable bonds is 2. The fourth-order valence-corrected chi connectivity index (χ4v) is 1.74. The van der Waals surface area contributed by atoms with Crippen LogP contribution < -0.4 is 5.32 Å². The lowest BCUT2D eigenvalue weighted by molar-refractivity contribution is 0.186. The lowest BCUT2D eigenvalue weighted by Gasteiger charge is -2.16. The number of nitrogens with zero attached hydrogens (tertiary/aromatic N) is 1. The largest absolute Gasteiger partial charge is 0.381 e. The van der Waals surface area contributed by atoms with E-state index in [1.54, 1.807) is 0 Å². The second kappa shape index (κ2) is 3.90. The second-order valence-electron chi connectivity index (χ2n) is 3.54. The minimum absolute atomic E-state index is 0.717. The minimum atomic E-state index is 0.717. The van der Waals surface area contributed by atoms with E-state index in [9.17, 15) is 0 Å². The van der Waals surface area contributed by atoms with Gasteiger partial charge in [0.1, 0.15) is 0 Å². The summed E-state index contributed by atoms with van der Waals surface area (Å²) in [5.41, 5.74) is 0. The standard InChI is InChI=1S/C9H16N2O/c1-3-10-9(11-4-1)6-8-2-5-12-7-8/h8H,1-7H2,(H,10,11). The Morgan fingerprint density at radius 1 is 1.58 bits per heavy atom. The van der Waals surface area contributed by atoms with Crippen molar-refractivity contribution in [1.29, 1.82) is 0 Å². The highest BCUT2D eigenvalue weighted by atomic mass is 16.5. The summed E-state index contributed by atoms with van der Waals surface area (Å²) in [7, 11) is 0. The van der Waals surface area contributed by atoms with Crippen LogP contribution in [0, 0.1) is 5.92 Å². The predicted octanol–water partition coefficient (Wildman–Crippen LogP) is 0.805. The van der Waals surface area contributed by atoms with E-state index in [1.165, 1.54) is 18.7 Å². The van der Waals surface area contributed by atoms with Gasteiger partial charge in [-0.15, -0.1) is 0 Å². The van der Waals surface area contributed by atoms with E-state index in [0.29, 0.717) is 5.92 Å². The molecule has 0 aromatic rings. The molecule has 1 unspecified atom stereocenters. The average molecular weight is 168 g/mol. The first-order valence-electron chi connectivity index (χ1n) is 4.80. The fraction of sp³-hybridized carbons (Fsp3) is 0.889. The lowest BCUT2D eigenvalue weighted by atomic mass is 10.0. The Morgan fingerprint density at radius 3 is 3.25 bits per heavy atom. The van der Waals surface area contributed by atoms with Gasteiger partial charge >= 0.3 is 0 Å². The van der Waals surface area contributed by atoms with E-state index in [0.717, 1.165) is 32.7 Å². The maximum absolute atomic E-state index is 5.32. The van der Waals surface area contributed by atoms with Crippen LogP contribution in [0.4, 0.5) is 0 Å². The average Bonchev–Trinajstić information content (AvgIpc) is 2.59. The third-order valence-corrected chi connectivity index (χ3v) is 2.47. The quantitative estimate of drug-likeness (QED) is 0.662. The Labute approximate surface area is 73.2 Å². The third-order valence-electron chi connectivity index (χ3n) is 2.47. The third kappa shape index (κ3) is 1.97. The van der Waals surface area contributed by atoms with Crippen molar-refractivity contribution in [2.24, 2.45) is 10.9 Å². The van der Waals surface area contributed by atoms with Crippen LogP contribution in [0.1, 0.15) is 19.3 Å². The highest BCUT2D eigenvalue weighted by Crippen LogP contribution is 2.16. The van der Waals surface area contributed by atoms with E-state index in [-0.39, 0.29) is 0 Å². The maximum atomic E-state index is 5.32. The summed E-state index contributed by atoms with van der Waals surface area (Å²) in [5.74, 6) is 1.92. The monoisotopic (exact) mass is 168 g/mol. The summed E-state index contributed by atoms with van der Waals surface area (Å²) in [6.07, 6.45) is 3.49. The molecule has 0 saturated carbocycles. The fourth-order valence-electron chi connectivity index (χ4n) is 1.74. The van der Waals surface area contributed by atoms with Gasteiger partial charge in [-0.25, -0.2) is 0 Å². The second-order valence-corrected chi connectivity index (χ2v) is 3.54. The molecule has 1 fully saturated rings. The molecule has 3 heteroatoms. The molecule has 2 aliphatic heterocycles. The van der Waals surface area contributed by atoms with Crippen LogP contribution in [0.2, 0.25) is 0 Å². The number of aliphatic imine (C=N–C) groups is 1. The van der Waals surface area contributed by atoms with Crippen LogP contribution in [0.15, 0.2) is 4.99 Å². The Morgan fingerprint density at radius 2 is 2.58 bits per heavy atom. The van der Waals surface area contributed by atoms with Gasteiger partial charge in [-0.05, 0) is 18.8 Å². The van der Waals surface area contributed by atoms with Crippen LogP contribution in [-0.4, -0.2) is 32.1 Å². The highest BCUT2D eigenvalue weighted by Gasteiger charge is 2.18. The zero-order valence-corrected chi connectivity index (χ0v) is 7.38.